The van der Waals surface area contributed by atoms with E-state index < -0.39 is 10.0 Å². The Hall–Kier alpha value is -0.470. The molecule has 1 heterocycles. The fraction of sp³-hybridized carbons (Fsp3) is 0.933. The van der Waals surface area contributed by atoms with Crippen molar-refractivity contribution in [3.63, 3.8) is 0 Å². The lowest BCUT2D eigenvalue weighted by Crippen LogP contribution is -2.40. The predicted octanol–water partition coefficient (Wildman–Crippen LogP) is 1.36. The van der Waals surface area contributed by atoms with E-state index in [9.17, 15) is 8.42 Å². The molecule has 0 unspecified atom stereocenters. The van der Waals surface area contributed by atoms with Gasteiger partial charge < -0.3 is 10.6 Å². The molecule has 0 spiro atoms. The summed E-state index contributed by atoms with van der Waals surface area (Å²) in [5, 5.41) is 6.65. The second-order valence-electron chi connectivity index (χ2n) is 5.95. The summed E-state index contributed by atoms with van der Waals surface area (Å²) in [5.74, 6) is 2.55. The van der Waals surface area contributed by atoms with Gasteiger partial charge in [0.05, 0.1) is 6.26 Å². The highest BCUT2D eigenvalue weighted by atomic mass is 32.2. The maximum absolute atomic E-state index is 11.5. The lowest BCUT2D eigenvalue weighted by molar-refractivity contribution is 0.280. The summed E-state index contributed by atoms with van der Waals surface area (Å²) < 4.78 is 24.6. The number of aliphatic imine (C=N–C) groups is 1. The molecule has 0 radical (unpaired) electrons. The topological polar surface area (TPSA) is 73.8 Å². The quantitative estimate of drug-likeness (QED) is 0.367. The van der Waals surface area contributed by atoms with Gasteiger partial charge in [-0.25, -0.2) is 12.7 Å². The van der Waals surface area contributed by atoms with Crippen LogP contribution in [0.4, 0.5) is 0 Å². The number of piperidine rings is 1. The summed E-state index contributed by atoms with van der Waals surface area (Å²) in [7, 11) is -3.04. The number of guanidine groups is 1. The van der Waals surface area contributed by atoms with Gasteiger partial charge in [-0.15, -0.1) is 0 Å². The number of unbranched alkanes of at least 4 members (excludes halogenated alkanes) is 1. The molecule has 0 bridgehead atoms. The van der Waals surface area contributed by atoms with Crippen LogP contribution in [0.3, 0.4) is 0 Å². The molecule has 6 nitrogen and oxygen atoms in total. The van der Waals surface area contributed by atoms with Gasteiger partial charge in [0.15, 0.2) is 5.96 Å². The third-order valence-electron chi connectivity index (χ3n) is 3.96. The fourth-order valence-corrected chi connectivity index (χ4v) is 3.93. The summed E-state index contributed by atoms with van der Waals surface area (Å²) >= 11 is 1.88. The monoisotopic (exact) mass is 364 g/mol. The Morgan fingerprint density at radius 1 is 1.26 bits per heavy atom. The molecule has 1 aliphatic rings. The third-order valence-corrected chi connectivity index (χ3v) is 5.96. The lowest BCUT2D eigenvalue weighted by Gasteiger charge is -2.29. The molecule has 1 saturated heterocycles. The molecule has 1 aliphatic heterocycles. The Morgan fingerprint density at radius 2 is 1.96 bits per heavy atom. The van der Waals surface area contributed by atoms with Crippen molar-refractivity contribution in [2.24, 2.45) is 10.9 Å². The van der Waals surface area contributed by atoms with Crippen molar-refractivity contribution >= 4 is 27.7 Å². The molecule has 0 amide bonds. The van der Waals surface area contributed by atoms with Crippen LogP contribution in [-0.2, 0) is 10.0 Å². The molecule has 0 aromatic rings. The lowest BCUT2D eigenvalue weighted by atomic mass is 9.98. The first-order chi connectivity index (χ1) is 11.0. The highest BCUT2D eigenvalue weighted by molar-refractivity contribution is 7.98. The van der Waals surface area contributed by atoms with Crippen molar-refractivity contribution in [2.45, 2.75) is 32.6 Å². The number of thioether (sulfide) groups is 1. The van der Waals surface area contributed by atoms with Crippen LogP contribution in [0.2, 0.25) is 0 Å². The van der Waals surface area contributed by atoms with E-state index in [1.165, 1.54) is 18.4 Å². The normalized spacial score (nSPS) is 18.1. The van der Waals surface area contributed by atoms with Crippen molar-refractivity contribution in [1.82, 2.24) is 14.9 Å². The average Bonchev–Trinajstić information content (AvgIpc) is 2.52. The van der Waals surface area contributed by atoms with Crippen LogP contribution in [0, 0.1) is 5.92 Å². The molecule has 0 saturated carbocycles. The Labute approximate surface area is 145 Å². The van der Waals surface area contributed by atoms with Gasteiger partial charge in [0.1, 0.15) is 0 Å². The zero-order valence-corrected chi connectivity index (χ0v) is 16.3. The van der Waals surface area contributed by atoms with Gasteiger partial charge in [-0.1, -0.05) is 0 Å². The maximum atomic E-state index is 11.5. The first kappa shape index (κ1) is 20.6. The number of rotatable bonds is 9. The number of sulfonamides is 1. The maximum Gasteiger partial charge on any atom is 0.211 e. The van der Waals surface area contributed by atoms with Crippen LogP contribution in [0.15, 0.2) is 4.99 Å². The molecule has 1 rings (SSSR count). The van der Waals surface area contributed by atoms with Crippen molar-refractivity contribution < 1.29 is 8.42 Å². The van der Waals surface area contributed by atoms with E-state index in [1.54, 1.807) is 4.31 Å². The molecular formula is C15H32N4O2S2. The largest absolute Gasteiger partial charge is 0.357 e. The first-order valence-electron chi connectivity index (χ1n) is 8.43. The third kappa shape index (κ3) is 8.81. The molecule has 23 heavy (non-hydrogen) atoms. The van der Waals surface area contributed by atoms with E-state index in [1.807, 2.05) is 11.8 Å². The first-order valence-corrected chi connectivity index (χ1v) is 11.7. The van der Waals surface area contributed by atoms with Crippen LogP contribution >= 0.6 is 11.8 Å². The van der Waals surface area contributed by atoms with Crippen LogP contribution < -0.4 is 10.6 Å². The predicted molar refractivity (Wildman–Crippen MR) is 101 cm³/mol. The second-order valence-corrected chi connectivity index (χ2v) is 8.92. The van der Waals surface area contributed by atoms with Crippen molar-refractivity contribution in [3.8, 4) is 0 Å². The minimum absolute atomic E-state index is 0.472. The molecule has 8 heteroatoms. The van der Waals surface area contributed by atoms with Crippen LogP contribution in [0.25, 0.3) is 0 Å². The smallest absolute Gasteiger partial charge is 0.211 e. The number of hydrogen-bond acceptors (Lipinski definition) is 4. The van der Waals surface area contributed by atoms with Gasteiger partial charge in [-0.05, 0) is 50.5 Å². The van der Waals surface area contributed by atoms with E-state index >= 15 is 0 Å². The molecule has 0 aromatic heterocycles. The van der Waals surface area contributed by atoms with Crippen molar-refractivity contribution in [3.05, 3.63) is 0 Å². The minimum Gasteiger partial charge on any atom is -0.357 e. The standard InChI is InChI=1S/C15H32N4O2S2/c1-4-16-15(17-9-5-6-12-22-2)18-13-14-7-10-19(11-8-14)23(3,20)21/h14H,4-13H2,1-3H3,(H2,16,17,18). The Kier molecular flexibility index (Phi) is 9.97. The Bertz CT molecular complexity index is 446. The molecule has 136 valence electrons. The van der Waals surface area contributed by atoms with E-state index in [4.69, 9.17) is 0 Å². The number of hydrogen-bond donors (Lipinski definition) is 2. The zero-order chi connectivity index (χ0) is 17.1. The van der Waals surface area contributed by atoms with E-state index in [2.05, 4.69) is 28.8 Å². The SMILES string of the molecule is CCNC(=NCC1CCN(S(C)(=O)=O)CC1)NCCCCSC. The van der Waals surface area contributed by atoms with Crippen molar-refractivity contribution in [2.75, 3.05) is 51.0 Å². The molecule has 0 atom stereocenters. The van der Waals surface area contributed by atoms with Gasteiger partial charge in [0.2, 0.25) is 10.0 Å². The minimum atomic E-state index is -3.04. The second kappa shape index (κ2) is 11.1. The van der Waals surface area contributed by atoms with E-state index in [-0.39, 0.29) is 0 Å². The molecule has 0 aliphatic carbocycles. The van der Waals surface area contributed by atoms with E-state index in [0.29, 0.717) is 19.0 Å². The molecule has 1 fully saturated rings. The zero-order valence-electron chi connectivity index (χ0n) is 14.7. The number of nitrogens with one attached hydrogen (secondary N) is 2. The van der Waals surface area contributed by atoms with Gasteiger partial charge in [0, 0.05) is 32.7 Å². The Balaban J connectivity index is 2.33. The van der Waals surface area contributed by atoms with Crippen LogP contribution in [0.5, 0.6) is 0 Å². The van der Waals surface area contributed by atoms with Gasteiger partial charge >= 0.3 is 0 Å². The highest BCUT2D eigenvalue weighted by Gasteiger charge is 2.24. The summed E-state index contributed by atoms with van der Waals surface area (Å²) in [5.41, 5.74) is 0. The van der Waals surface area contributed by atoms with Crippen LogP contribution in [0.1, 0.15) is 32.6 Å². The summed E-state index contributed by atoms with van der Waals surface area (Å²) in [6.45, 7) is 5.87. The van der Waals surface area contributed by atoms with Gasteiger partial charge in [-0.2, -0.15) is 11.8 Å². The highest BCUT2D eigenvalue weighted by Crippen LogP contribution is 2.19. The summed E-state index contributed by atoms with van der Waals surface area (Å²) in [6, 6.07) is 0. The van der Waals surface area contributed by atoms with Crippen LogP contribution in [-0.4, -0.2) is 69.7 Å². The van der Waals surface area contributed by atoms with Gasteiger partial charge in [-0.3, -0.25) is 4.99 Å². The molecule has 2 N–H and O–H groups in total. The van der Waals surface area contributed by atoms with Gasteiger partial charge in [0.25, 0.3) is 0 Å². The summed E-state index contributed by atoms with van der Waals surface area (Å²) in [6.07, 6.45) is 7.58. The van der Waals surface area contributed by atoms with E-state index in [0.717, 1.165) is 44.9 Å². The summed E-state index contributed by atoms with van der Waals surface area (Å²) in [4.78, 5) is 4.66. The Morgan fingerprint density at radius 3 is 2.52 bits per heavy atom. The number of nitrogens with zero attached hydrogens (tertiary/aromatic N) is 2. The van der Waals surface area contributed by atoms with Crippen molar-refractivity contribution in [1.29, 1.82) is 0 Å². The molecule has 0 aromatic carbocycles. The molecular weight excluding hydrogens is 332 g/mol. The average molecular weight is 365 g/mol. The fourth-order valence-electron chi connectivity index (χ4n) is 2.56.